The van der Waals surface area contributed by atoms with E-state index >= 15 is 0 Å². The van der Waals surface area contributed by atoms with Crippen LogP contribution in [0, 0.1) is 0 Å². The van der Waals surface area contributed by atoms with Crippen LogP contribution in [0.1, 0.15) is 48.3 Å². The van der Waals surface area contributed by atoms with Crippen molar-refractivity contribution in [2.75, 3.05) is 29.6 Å². The fourth-order valence-electron chi connectivity index (χ4n) is 4.35. The SMILES string of the molecule is CCOC(=O)CCC(NC(=O)c1ccc(N(Cc2ccccc2)Cc2cnc3nc(N)nc(N)c3n2)cc1)C(=O)OCC. The maximum absolute atomic E-state index is 13.1. The summed E-state index contributed by atoms with van der Waals surface area (Å²) in [5, 5.41) is 2.68. The highest BCUT2D eigenvalue weighted by atomic mass is 16.5. The second-order valence-electron chi connectivity index (χ2n) is 9.51. The van der Waals surface area contributed by atoms with Crippen LogP contribution in [0.25, 0.3) is 11.2 Å². The molecule has 0 bridgehead atoms. The Bertz CT molecular complexity index is 1570. The minimum Gasteiger partial charge on any atom is -0.466 e. The van der Waals surface area contributed by atoms with Gasteiger partial charge >= 0.3 is 11.9 Å². The molecule has 0 radical (unpaired) electrons. The van der Waals surface area contributed by atoms with Crippen LogP contribution in [0.4, 0.5) is 17.5 Å². The van der Waals surface area contributed by atoms with Crippen LogP contribution in [0.3, 0.4) is 0 Å². The number of hydrogen-bond donors (Lipinski definition) is 3. The summed E-state index contributed by atoms with van der Waals surface area (Å²) in [4.78, 5) is 56.5. The van der Waals surface area contributed by atoms with Crippen LogP contribution in [0.2, 0.25) is 0 Å². The van der Waals surface area contributed by atoms with Crippen molar-refractivity contribution in [2.24, 2.45) is 0 Å². The zero-order valence-electron chi connectivity index (χ0n) is 24.0. The van der Waals surface area contributed by atoms with E-state index in [0.29, 0.717) is 35.5 Å². The lowest BCUT2D eigenvalue weighted by atomic mass is 10.1. The monoisotopic (exact) mass is 586 g/mol. The minimum absolute atomic E-state index is 0.0226. The molecule has 0 aliphatic rings. The van der Waals surface area contributed by atoms with Crippen LogP contribution in [-0.2, 0) is 32.2 Å². The highest BCUT2D eigenvalue weighted by molar-refractivity contribution is 5.97. The van der Waals surface area contributed by atoms with Gasteiger partial charge in [0, 0.05) is 24.2 Å². The Balaban J connectivity index is 1.54. The van der Waals surface area contributed by atoms with Crippen molar-refractivity contribution in [3.05, 3.63) is 77.6 Å². The molecule has 0 aliphatic heterocycles. The highest BCUT2D eigenvalue weighted by Crippen LogP contribution is 2.22. The number of anilines is 3. The lowest BCUT2D eigenvalue weighted by molar-refractivity contribution is -0.146. The van der Waals surface area contributed by atoms with Crippen LogP contribution < -0.4 is 21.7 Å². The number of fused-ring (bicyclic) bond motifs is 1. The van der Waals surface area contributed by atoms with Crippen LogP contribution in [0.15, 0.2) is 60.8 Å². The number of aromatic nitrogens is 4. The number of nitrogens with zero attached hydrogens (tertiary/aromatic N) is 5. The zero-order valence-corrected chi connectivity index (χ0v) is 24.0. The molecule has 2 heterocycles. The number of hydrogen-bond acceptors (Lipinski definition) is 12. The van der Waals surface area contributed by atoms with E-state index in [2.05, 4.69) is 30.2 Å². The molecule has 224 valence electrons. The second-order valence-corrected chi connectivity index (χ2v) is 9.51. The molecule has 1 atom stereocenters. The van der Waals surface area contributed by atoms with Crippen molar-refractivity contribution in [1.29, 1.82) is 0 Å². The average Bonchev–Trinajstić information content (AvgIpc) is 3.00. The van der Waals surface area contributed by atoms with E-state index in [1.54, 1.807) is 32.2 Å². The molecule has 43 heavy (non-hydrogen) atoms. The number of carbonyl (C=O) groups excluding carboxylic acids is 3. The first-order chi connectivity index (χ1) is 20.8. The van der Waals surface area contributed by atoms with Crippen molar-refractivity contribution in [1.82, 2.24) is 25.3 Å². The van der Waals surface area contributed by atoms with Gasteiger partial charge in [0.2, 0.25) is 5.95 Å². The van der Waals surface area contributed by atoms with Crippen LogP contribution in [0.5, 0.6) is 0 Å². The van der Waals surface area contributed by atoms with Gasteiger partial charge in [-0.3, -0.25) is 9.59 Å². The van der Waals surface area contributed by atoms with Crippen molar-refractivity contribution in [3.63, 3.8) is 0 Å². The molecule has 4 aromatic rings. The topological polar surface area (TPSA) is 189 Å². The zero-order chi connectivity index (χ0) is 30.8. The summed E-state index contributed by atoms with van der Waals surface area (Å²) in [5.41, 5.74) is 15.2. The average molecular weight is 587 g/mol. The van der Waals surface area contributed by atoms with E-state index in [-0.39, 0.29) is 37.8 Å². The Hall–Kier alpha value is -5.33. The molecule has 0 saturated heterocycles. The molecule has 2 aromatic heterocycles. The number of ether oxygens (including phenoxy) is 2. The van der Waals surface area contributed by atoms with E-state index in [9.17, 15) is 14.4 Å². The largest absolute Gasteiger partial charge is 0.466 e. The lowest BCUT2D eigenvalue weighted by Gasteiger charge is -2.25. The molecule has 0 fully saturated rings. The molecule has 0 aliphatic carbocycles. The van der Waals surface area contributed by atoms with Gasteiger partial charge in [-0.15, -0.1) is 0 Å². The summed E-state index contributed by atoms with van der Waals surface area (Å²) < 4.78 is 10.0. The number of nitrogens with two attached hydrogens (primary N) is 2. The van der Waals surface area contributed by atoms with Gasteiger partial charge < -0.3 is 31.2 Å². The summed E-state index contributed by atoms with van der Waals surface area (Å²) in [6.45, 7) is 4.65. The van der Waals surface area contributed by atoms with E-state index in [1.165, 1.54) is 0 Å². The molecule has 0 spiro atoms. The standard InChI is InChI=1S/C30H34N8O5/c1-3-42-24(39)15-14-23(29(41)43-4-2)35-28(40)20-10-12-22(13-11-20)38(17-19-8-6-5-7-9-19)18-21-16-33-27-25(34-21)26(31)36-30(32)37-27/h5-13,16,23H,3-4,14-15,17-18H2,1-2H3,(H,35,40)(H4,31,32,33,36,37). The smallest absolute Gasteiger partial charge is 0.328 e. The summed E-state index contributed by atoms with van der Waals surface area (Å²) in [6, 6.07) is 15.8. The summed E-state index contributed by atoms with van der Waals surface area (Å²) >= 11 is 0. The Morgan fingerprint density at radius 2 is 1.63 bits per heavy atom. The van der Waals surface area contributed by atoms with Crippen molar-refractivity contribution in [2.45, 2.75) is 45.8 Å². The van der Waals surface area contributed by atoms with E-state index in [1.807, 2.05) is 42.5 Å². The third kappa shape index (κ3) is 8.35. The van der Waals surface area contributed by atoms with Gasteiger partial charge in [-0.05, 0) is 50.1 Å². The van der Waals surface area contributed by atoms with Gasteiger partial charge in [0.05, 0.1) is 31.6 Å². The number of benzene rings is 2. The molecule has 1 amide bonds. The number of rotatable bonds is 13. The third-order valence-corrected chi connectivity index (χ3v) is 6.38. The molecule has 0 saturated carbocycles. The highest BCUT2D eigenvalue weighted by Gasteiger charge is 2.24. The number of esters is 2. The van der Waals surface area contributed by atoms with E-state index in [4.69, 9.17) is 20.9 Å². The van der Waals surface area contributed by atoms with Gasteiger partial charge in [0.1, 0.15) is 6.04 Å². The van der Waals surface area contributed by atoms with E-state index in [0.717, 1.165) is 11.3 Å². The normalized spacial score (nSPS) is 11.5. The molecule has 2 aromatic carbocycles. The predicted octanol–water partition coefficient (Wildman–Crippen LogP) is 2.80. The fraction of sp³-hybridized carbons (Fsp3) is 0.300. The van der Waals surface area contributed by atoms with E-state index < -0.39 is 23.9 Å². The first kappa shape index (κ1) is 30.6. The Labute approximate surface area is 248 Å². The molecular formula is C30H34N8O5. The molecule has 13 nitrogen and oxygen atoms in total. The predicted molar refractivity (Wildman–Crippen MR) is 160 cm³/mol. The number of nitrogens with one attached hydrogen (secondary N) is 1. The summed E-state index contributed by atoms with van der Waals surface area (Å²) in [7, 11) is 0. The Kier molecular flexibility index (Phi) is 10.3. The lowest BCUT2D eigenvalue weighted by Crippen LogP contribution is -2.42. The van der Waals surface area contributed by atoms with Crippen LogP contribution >= 0.6 is 0 Å². The molecule has 4 rings (SSSR count). The van der Waals surface area contributed by atoms with Gasteiger partial charge in [-0.2, -0.15) is 9.97 Å². The van der Waals surface area contributed by atoms with Gasteiger partial charge in [-0.25, -0.2) is 14.8 Å². The van der Waals surface area contributed by atoms with Crippen molar-refractivity contribution in [3.8, 4) is 0 Å². The minimum atomic E-state index is -0.996. The maximum Gasteiger partial charge on any atom is 0.328 e. The third-order valence-electron chi connectivity index (χ3n) is 6.38. The van der Waals surface area contributed by atoms with Gasteiger partial charge in [0.15, 0.2) is 17.0 Å². The molecule has 13 heteroatoms. The number of amides is 1. The maximum atomic E-state index is 13.1. The quantitative estimate of drug-likeness (QED) is 0.195. The van der Waals surface area contributed by atoms with Crippen molar-refractivity contribution < 1.29 is 23.9 Å². The van der Waals surface area contributed by atoms with Crippen molar-refractivity contribution >= 4 is 46.5 Å². The second kappa shape index (κ2) is 14.5. The summed E-state index contributed by atoms with van der Waals surface area (Å²) in [6.07, 6.45) is 1.63. The Morgan fingerprint density at radius 1 is 0.907 bits per heavy atom. The first-order valence-corrected chi connectivity index (χ1v) is 13.8. The van der Waals surface area contributed by atoms with Crippen LogP contribution in [-0.4, -0.2) is 57.0 Å². The molecule has 1 unspecified atom stereocenters. The summed E-state index contributed by atoms with van der Waals surface area (Å²) in [5.74, 6) is -1.38. The number of carbonyl (C=O) groups is 3. The van der Waals surface area contributed by atoms with Gasteiger partial charge in [-0.1, -0.05) is 30.3 Å². The molecule has 5 N–H and O–H groups in total. The first-order valence-electron chi connectivity index (χ1n) is 13.8. The fourth-order valence-corrected chi connectivity index (χ4v) is 4.35. The van der Waals surface area contributed by atoms with Gasteiger partial charge in [0.25, 0.3) is 5.91 Å². The number of nitrogen functional groups attached to an aromatic ring is 2. The Morgan fingerprint density at radius 3 is 2.33 bits per heavy atom. The molecular weight excluding hydrogens is 552 g/mol.